The summed E-state index contributed by atoms with van der Waals surface area (Å²) < 4.78 is 2.04. The number of hydrogen-bond acceptors (Lipinski definition) is 3. The van der Waals surface area contributed by atoms with E-state index in [1.165, 1.54) is 0 Å². The van der Waals surface area contributed by atoms with Crippen LogP contribution in [0.2, 0.25) is 0 Å². The minimum absolute atomic E-state index is 0.478. The monoisotopic (exact) mass is 273 g/mol. The third-order valence-electron chi connectivity index (χ3n) is 3.13. The Labute approximate surface area is 118 Å². The molecule has 0 fully saturated rings. The molecule has 1 unspecified atom stereocenters. The number of aliphatic carboxylic acids is 1. The molecular weight excluding hydrogens is 254 g/mol. The Morgan fingerprint density at radius 2 is 2.15 bits per heavy atom. The highest BCUT2D eigenvalue weighted by Crippen LogP contribution is 2.13. The second-order valence-corrected chi connectivity index (χ2v) is 4.64. The van der Waals surface area contributed by atoms with Crippen molar-refractivity contribution in [1.29, 1.82) is 0 Å². The Balaban J connectivity index is 2.06. The molecule has 1 aromatic heterocycles. The summed E-state index contributed by atoms with van der Waals surface area (Å²) >= 11 is 0. The number of benzene rings is 1. The molecule has 20 heavy (non-hydrogen) atoms. The minimum Gasteiger partial charge on any atom is -0.480 e. The van der Waals surface area contributed by atoms with Crippen LogP contribution in [0.5, 0.6) is 0 Å². The number of nitrogens with one attached hydrogen (secondary N) is 1. The van der Waals surface area contributed by atoms with Gasteiger partial charge in [-0.3, -0.25) is 10.1 Å². The average molecular weight is 273 g/mol. The fourth-order valence-corrected chi connectivity index (χ4v) is 2.14. The Bertz CT molecular complexity index is 551. The molecule has 2 N–H and O–H groups in total. The number of aryl methyl sites for hydroxylation is 1. The number of aromatic nitrogens is 2. The van der Waals surface area contributed by atoms with Gasteiger partial charge < -0.3 is 9.67 Å². The molecule has 0 radical (unpaired) electrons. The zero-order valence-corrected chi connectivity index (χ0v) is 11.5. The van der Waals surface area contributed by atoms with E-state index in [0.717, 1.165) is 24.2 Å². The molecule has 0 amide bonds. The lowest BCUT2D eigenvalue weighted by Crippen LogP contribution is -2.28. The maximum absolute atomic E-state index is 11.4. The number of carboxylic acid groups (broad SMARTS) is 1. The van der Waals surface area contributed by atoms with Crippen molar-refractivity contribution in [2.24, 2.45) is 0 Å². The SMILES string of the molecule is CCCn1cncc1CNC(C(=O)O)c1ccccc1. The molecule has 2 aromatic rings. The van der Waals surface area contributed by atoms with Crippen LogP contribution in [-0.4, -0.2) is 20.6 Å². The van der Waals surface area contributed by atoms with Crippen LogP contribution in [0.4, 0.5) is 0 Å². The van der Waals surface area contributed by atoms with Gasteiger partial charge in [-0.05, 0) is 12.0 Å². The highest BCUT2D eigenvalue weighted by atomic mass is 16.4. The number of hydrogen-bond donors (Lipinski definition) is 2. The largest absolute Gasteiger partial charge is 0.480 e. The topological polar surface area (TPSA) is 67.2 Å². The average Bonchev–Trinajstić information content (AvgIpc) is 2.88. The van der Waals surface area contributed by atoms with Crippen LogP contribution in [0.15, 0.2) is 42.9 Å². The van der Waals surface area contributed by atoms with Crippen molar-refractivity contribution in [3.63, 3.8) is 0 Å². The lowest BCUT2D eigenvalue weighted by molar-refractivity contribution is -0.139. The van der Waals surface area contributed by atoms with E-state index in [1.807, 2.05) is 34.9 Å². The zero-order chi connectivity index (χ0) is 14.4. The molecule has 0 spiro atoms. The first-order valence-electron chi connectivity index (χ1n) is 6.72. The summed E-state index contributed by atoms with van der Waals surface area (Å²) in [6, 6.07) is 8.48. The normalized spacial score (nSPS) is 12.2. The third-order valence-corrected chi connectivity index (χ3v) is 3.13. The van der Waals surface area contributed by atoms with E-state index in [9.17, 15) is 9.90 Å². The van der Waals surface area contributed by atoms with Crippen molar-refractivity contribution in [2.75, 3.05) is 0 Å². The molecule has 2 rings (SSSR count). The molecule has 5 nitrogen and oxygen atoms in total. The van der Waals surface area contributed by atoms with Gasteiger partial charge in [-0.25, -0.2) is 4.98 Å². The van der Waals surface area contributed by atoms with Crippen LogP contribution in [0.25, 0.3) is 0 Å². The van der Waals surface area contributed by atoms with E-state index in [0.29, 0.717) is 6.54 Å². The van der Waals surface area contributed by atoms with Crippen LogP contribution in [-0.2, 0) is 17.9 Å². The van der Waals surface area contributed by atoms with Crippen LogP contribution < -0.4 is 5.32 Å². The molecule has 0 aliphatic rings. The second kappa shape index (κ2) is 6.86. The van der Waals surface area contributed by atoms with Gasteiger partial charge in [-0.2, -0.15) is 0 Å². The maximum Gasteiger partial charge on any atom is 0.325 e. The van der Waals surface area contributed by atoms with Crippen molar-refractivity contribution >= 4 is 5.97 Å². The summed E-state index contributed by atoms with van der Waals surface area (Å²) in [6.07, 6.45) is 4.57. The quantitative estimate of drug-likeness (QED) is 0.811. The Morgan fingerprint density at radius 3 is 2.80 bits per heavy atom. The first-order valence-corrected chi connectivity index (χ1v) is 6.72. The van der Waals surface area contributed by atoms with Gasteiger partial charge in [0.1, 0.15) is 6.04 Å². The Morgan fingerprint density at radius 1 is 1.40 bits per heavy atom. The van der Waals surface area contributed by atoms with Crippen molar-refractivity contribution in [3.8, 4) is 0 Å². The highest BCUT2D eigenvalue weighted by Gasteiger charge is 2.19. The molecule has 0 aliphatic carbocycles. The standard InChI is InChI=1S/C15H19N3O2/c1-2-8-18-11-16-9-13(18)10-17-14(15(19)20)12-6-4-3-5-7-12/h3-7,9,11,14,17H,2,8,10H2,1H3,(H,19,20). The molecular formula is C15H19N3O2. The molecule has 1 heterocycles. The number of carbonyl (C=O) groups is 1. The molecule has 5 heteroatoms. The first-order chi connectivity index (χ1) is 9.72. The van der Waals surface area contributed by atoms with E-state index in [4.69, 9.17) is 0 Å². The first kappa shape index (κ1) is 14.3. The number of carboxylic acids is 1. The van der Waals surface area contributed by atoms with Crippen LogP contribution >= 0.6 is 0 Å². The van der Waals surface area contributed by atoms with Gasteiger partial charge >= 0.3 is 5.97 Å². The molecule has 106 valence electrons. The van der Waals surface area contributed by atoms with Gasteiger partial charge in [0.25, 0.3) is 0 Å². The van der Waals surface area contributed by atoms with E-state index < -0.39 is 12.0 Å². The van der Waals surface area contributed by atoms with E-state index in [1.54, 1.807) is 12.5 Å². The zero-order valence-electron chi connectivity index (χ0n) is 11.5. The Kier molecular flexibility index (Phi) is 4.90. The number of imidazole rings is 1. The van der Waals surface area contributed by atoms with Crippen LogP contribution in [0.1, 0.15) is 30.6 Å². The van der Waals surface area contributed by atoms with Crippen LogP contribution in [0.3, 0.4) is 0 Å². The summed E-state index contributed by atoms with van der Waals surface area (Å²) in [6.45, 7) is 3.47. The summed E-state index contributed by atoms with van der Waals surface area (Å²) in [5, 5.41) is 12.4. The summed E-state index contributed by atoms with van der Waals surface area (Å²) in [4.78, 5) is 15.5. The van der Waals surface area contributed by atoms with Gasteiger partial charge in [0.15, 0.2) is 0 Å². The van der Waals surface area contributed by atoms with Gasteiger partial charge in [-0.1, -0.05) is 37.3 Å². The van der Waals surface area contributed by atoms with Crippen LogP contribution in [0, 0.1) is 0 Å². The lowest BCUT2D eigenvalue weighted by atomic mass is 10.1. The minimum atomic E-state index is -0.877. The summed E-state index contributed by atoms with van der Waals surface area (Å²) in [5.74, 6) is -0.877. The molecule has 0 saturated carbocycles. The van der Waals surface area contributed by atoms with Gasteiger partial charge in [0.2, 0.25) is 0 Å². The lowest BCUT2D eigenvalue weighted by Gasteiger charge is -2.15. The predicted octanol–water partition coefficient (Wildman–Crippen LogP) is 2.21. The van der Waals surface area contributed by atoms with Gasteiger partial charge in [0, 0.05) is 19.3 Å². The van der Waals surface area contributed by atoms with E-state index in [-0.39, 0.29) is 0 Å². The van der Waals surface area contributed by atoms with E-state index in [2.05, 4.69) is 17.2 Å². The Hall–Kier alpha value is -2.14. The predicted molar refractivity (Wildman–Crippen MR) is 76.2 cm³/mol. The van der Waals surface area contributed by atoms with Crippen molar-refractivity contribution in [3.05, 3.63) is 54.1 Å². The highest BCUT2D eigenvalue weighted by molar-refractivity contribution is 5.75. The fourth-order valence-electron chi connectivity index (χ4n) is 2.14. The van der Waals surface area contributed by atoms with Crippen molar-refractivity contribution in [2.45, 2.75) is 32.5 Å². The summed E-state index contributed by atoms with van der Waals surface area (Å²) in [7, 11) is 0. The molecule has 1 atom stereocenters. The maximum atomic E-state index is 11.4. The van der Waals surface area contributed by atoms with E-state index >= 15 is 0 Å². The number of rotatable bonds is 7. The molecule has 1 aromatic carbocycles. The number of nitrogens with zero attached hydrogens (tertiary/aromatic N) is 2. The summed E-state index contributed by atoms with van der Waals surface area (Å²) in [5.41, 5.74) is 1.75. The van der Waals surface area contributed by atoms with Gasteiger partial charge in [0.05, 0.1) is 12.0 Å². The molecule has 0 saturated heterocycles. The van der Waals surface area contributed by atoms with Crippen molar-refractivity contribution in [1.82, 2.24) is 14.9 Å². The fraction of sp³-hybridized carbons (Fsp3) is 0.333. The molecule has 0 bridgehead atoms. The smallest absolute Gasteiger partial charge is 0.325 e. The third kappa shape index (κ3) is 3.45. The van der Waals surface area contributed by atoms with Crippen molar-refractivity contribution < 1.29 is 9.90 Å². The van der Waals surface area contributed by atoms with Gasteiger partial charge in [-0.15, -0.1) is 0 Å². The second-order valence-electron chi connectivity index (χ2n) is 4.64. The molecule has 0 aliphatic heterocycles.